The van der Waals surface area contributed by atoms with Crippen molar-refractivity contribution in [3.63, 3.8) is 0 Å². The summed E-state index contributed by atoms with van der Waals surface area (Å²) in [5.74, 6) is 0. The van der Waals surface area contributed by atoms with Gasteiger partial charge in [-0.1, -0.05) is 37.1 Å². The summed E-state index contributed by atoms with van der Waals surface area (Å²) in [5.41, 5.74) is 8.72. The van der Waals surface area contributed by atoms with Crippen LogP contribution >= 0.6 is 8.34 Å². The molecule has 0 unspecified atom stereocenters. The van der Waals surface area contributed by atoms with Crippen LogP contribution in [-0.2, 0) is 29.6 Å². The molecule has 0 amide bonds. The number of unbranched alkanes of at least 4 members (excludes halogenated alkanes) is 1. The fraction of sp³-hybridized carbons (Fsp3) is 0.188. The Labute approximate surface area is 141 Å². The van der Waals surface area contributed by atoms with Crippen molar-refractivity contribution < 1.29 is 29.6 Å². The maximum atomic E-state index is 8.40. The van der Waals surface area contributed by atoms with Gasteiger partial charge in [-0.2, -0.15) is 6.42 Å². The molecule has 0 saturated heterocycles. The molecule has 0 spiro atoms. The van der Waals surface area contributed by atoms with Gasteiger partial charge in [0.25, 0.3) is 0 Å². The molecule has 2 rings (SSSR count). The van der Waals surface area contributed by atoms with Gasteiger partial charge in [0, 0.05) is 20.4 Å². The third-order valence-corrected chi connectivity index (χ3v) is 2.31. The molecular formula is C16H20NO2PPd-2. The normalized spacial score (nSPS) is 8.10. The summed E-state index contributed by atoms with van der Waals surface area (Å²) in [6, 6.07) is 18.8. The molecule has 0 aliphatic heterocycles. The topological polar surface area (TPSA) is 60.2 Å². The Bertz CT molecular complexity index is 513. The molecule has 118 valence electrons. The van der Waals surface area contributed by atoms with Crippen molar-refractivity contribution in [2.24, 2.45) is 0 Å². The van der Waals surface area contributed by atoms with E-state index in [-0.39, 0.29) is 20.4 Å². The number of nitrogen functional groups attached to an aromatic ring is 1. The largest absolute Gasteiger partial charge is 0.406 e. The predicted molar refractivity (Wildman–Crippen MR) is 85.1 cm³/mol. The summed E-state index contributed by atoms with van der Waals surface area (Å²) in [5, 5.41) is 0. The van der Waals surface area contributed by atoms with Crippen molar-refractivity contribution in [2.45, 2.75) is 19.8 Å². The van der Waals surface area contributed by atoms with Crippen molar-refractivity contribution in [3.8, 4) is 11.1 Å². The maximum Gasteiger partial charge on any atom is 0.303 e. The molecular weight excluding hydrogens is 376 g/mol. The fourth-order valence-electron chi connectivity index (χ4n) is 1.30. The molecule has 2 aromatic rings. The number of anilines is 1. The first-order valence-electron chi connectivity index (χ1n) is 6.31. The molecule has 2 aromatic carbocycles. The second-order valence-corrected chi connectivity index (χ2v) is 3.97. The van der Waals surface area contributed by atoms with Crippen LogP contribution in [0.4, 0.5) is 5.69 Å². The van der Waals surface area contributed by atoms with Gasteiger partial charge < -0.3 is 12.7 Å². The van der Waals surface area contributed by atoms with Crippen LogP contribution in [-0.4, -0.2) is 0 Å². The minimum absolute atomic E-state index is 0. The molecule has 0 heterocycles. The Balaban J connectivity index is 0. The van der Waals surface area contributed by atoms with Gasteiger partial charge in [-0.15, -0.1) is 35.9 Å². The first kappa shape index (κ1) is 22.1. The average molecular weight is 396 g/mol. The third kappa shape index (κ3) is 10.2. The second kappa shape index (κ2) is 15.2. The van der Waals surface area contributed by atoms with Crippen LogP contribution in [0.25, 0.3) is 11.1 Å². The molecule has 0 bridgehead atoms. The molecule has 0 aliphatic rings. The van der Waals surface area contributed by atoms with E-state index in [2.05, 4.69) is 19.9 Å². The van der Waals surface area contributed by atoms with E-state index in [1.807, 2.05) is 48.5 Å². The Kier molecular flexibility index (Phi) is 16.0. The molecule has 2 N–H and O–H groups in total. The molecule has 0 fully saturated rings. The van der Waals surface area contributed by atoms with Crippen molar-refractivity contribution in [2.75, 3.05) is 5.73 Å². The van der Waals surface area contributed by atoms with Crippen molar-refractivity contribution in [1.82, 2.24) is 0 Å². The van der Waals surface area contributed by atoms with Crippen LogP contribution in [0.3, 0.4) is 0 Å². The molecule has 0 aromatic heterocycles. The summed E-state index contributed by atoms with van der Waals surface area (Å²) in [7, 11) is -1.42. The van der Waals surface area contributed by atoms with Gasteiger partial charge in [0.15, 0.2) is 0 Å². The van der Waals surface area contributed by atoms with Crippen LogP contribution in [0.2, 0.25) is 0 Å². The number of para-hydroxylation sites is 1. The number of hydrogen-bond acceptors (Lipinski definition) is 3. The Morgan fingerprint density at radius 3 is 2.10 bits per heavy atom. The van der Waals surface area contributed by atoms with E-state index in [9.17, 15) is 0 Å². The Hall–Kier alpha value is -1.20. The third-order valence-electron chi connectivity index (χ3n) is 2.31. The second-order valence-electron chi connectivity index (χ2n) is 3.80. The monoisotopic (exact) mass is 395 g/mol. The first-order valence-corrected chi connectivity index (χ1v) is 7.13. The van der Waals surface area contributed by atoms with Gasteiger partial charge in [0.05, 0.1) is 0 Å². The summed E-state index contributed by atoms with van der Waals surface area (Å²) in [6.07, 6.45) is 2.28. The molecule has 3 nitrogen and oxygen atoms in total. The number of benzene rings is 2. The molecule has 5 heteroatoms. The van der Waals surface area contributed by atoms with Crippen LogP contribution in [0.5, 0.6) is 0 Å². The van der Waals surface area contributed by atoms with Gasteiger partial charge in [-0.3, -0.25) is 0 Å². The van der Waals surface area contributed by atoms with Crippen LogP contribution in [0.1, 0.15) is 19.8 Å². The quantitative estimate of drug-likeness (QED) is 0.347. The number of nitrogens with two attached hydrogens (primary N) is 1. The minimum atomic E-state index is -1.42. The summed E-state index contributed by atoms with van der Waals surface area (Å²) in [4.78, 5) is 0. The fourth-order valence-corrected chi connectivity index (χ4v) is 1.30. The predicted octanol–water partition coefficient (Wildman–Crippen LogP) is 4.71. The van der Waals surface area contributed by atoms with Crippen LogP contribution in [0.15, 0.2) is 48.5 Å². The van der Waals surface area contributed by atoms with Crippen LogP contribution < -0.4 is 5.73 Å². The van der Waals surface area contributed by atoms with Crippen molar-refractivity contribution in [3.05, 3.63) is 61.5 Å². The van der Waals surface area contributed by atoms with Gasteiger partial charge in [0.1, 0.15) is 0 Å². The van der Waals surface area contributed by atoms with E-state index in [0.29, 0.717) is 0 Å². The maximum absolute atomic E-state index is 8.40. The zero-order valence-corrected chi connectivity index (χ0v) is 14.5. The van der Waals surface area contributed by atoms with Crippen LogP contribution in [0, 0.1) is 13.0 Å². The van der Waals surface area contributed by atoms with E-state index in [0.717, 1.165) is 23.2 Å². The number of hydrogen-bond donors (Lipinski definition) is 1. The van der Waals surface area contributed by atoms with E-state index < -0.39 is 8.34 Å². The summed E-state index contributed by atoms with van der Waals surface area (Å²) >= 11 is 0. The van der Waals surface area contributed by atoms with E-state index in [1.54, 1.807) is 0 Å². The zero-order chi connectivity index (χ0) is 15.2. The van der Waals surface area contributed by atoms with Crippen molar-refractivity contribution in [1.29, 1.82) is 0 Å². The number of rotatable bonds is 2. The summed E-state index contributed by atoms with van der Waals surface area (Å²) < 4.78 is 16.8. The molecule has 0 saturated carbocycles. The Morgan fingerprint density at radius 2 is 1.67 bits per heavy atom. The molecule has 0 radical (unpaired) electrons. The molecule has 0 aliphatic carbocycles. The summed E-state index contributed by atoms with van der Waals surface area (Å²) in [6.45, 7) is 5.72. The first-order chi connectivity index (χ1) is 9.71. The van der Waals surface area contributed by atoms with Gasteiger partial charge in [0.2, 0.25) is 0 Å². The zero-order valence-electron chi connectivity index (χ0n) is 12.0. The smallest absolute Gasteiger partial charge is 0.303 e. The van der Waals surface area contributed by atoms with Gasteiger partial charge >= 0.3 is 8.34 Å². The van der Waals surface area contributed by atoms with Crippen molar-refractivity contribution >= 4 is 14.0 Å². The van der Waals surface area contributed by atoms with E-state index in [4.69, 9.17) is 14.9 Å². The molecule has 21 heavy (non-hydrogen) atoms. The minimum Gasteiger partial charge on any atom is -0.406 e. The molecule has 0 atom stereocenters. The average Bonchev–Trinajstić information content (AvgIpc) is 2.50. The van der Waals surface area contributed by atoms with Gasteiger partial charge in [-0.05, 0) is 11.8 Å². The standard InChI is InChI=1S/C12H10N.C4H9.HO2P.Pd/c13-12-9-5-4-8-11(12)10-6-2-1-3-7-10;1-3-4-2;1-3-2;/h1-6,8-9H,13H2;1,3-4H2,2H3;3H;/q2*-1;;. The van der Waals surface area contributed by atoms with Gasteiger partial charge in [-0.25, -0.2) is 9.13 Å². The SMILES string of the molecule is Nc1ccccc1-c1[c-]cccc1.O=[PH]=O.[CH2-]CCC.[Pd]. The Morgan fingerprint density at radius 1 is 1.14 bits per heavy atom. The van der Waals surface area contributed by atoms with E-state index >= 15 is 0 Å². The van der Waals surface area contributed by atoms with E-state index in [1.165, 1.54) is 6.42 Å².